The Morgan fingerprint density at radius 3 is 1.12 bits per heavy atom. The maximum Gasteiger partial charge on any atom is 0.119 e. The van der Waals surface area contributed by atoms with E-state index in [0.717, 1.165) is 58.1 Å². The number of ether oxygens (including phenoxy) is 8. The Bertz CT molecular complexity index is 1380. The van der Waals surface area contributed by atoms with Crippen molar-refractivity contribution in [2.75, 3.05) is 66.1 Å². The van der Waals surface area contributed by atoms with E-state index in [2.05, 4.69) is 86.6 Å². The average Bonchev–Trinajstić information content (AvgIpc) is 4.07. The lowest BCUT2D eigenvalue weighted by Gasteiger charge is -2.13. The molecular formula is C40H46O8. The highest BCUT2D eigenvalue weighted by molar-refractivity contribution is 5.65. The van der Waals surface area contributed by atoms with Crippen molar-refractivity contribution in [3.8, 4) is 33.8 Å². The first-order chi connectivity index (χ1) is 23.6. The van der Waals surface area contributed by atoms with E-state index < -0.39 is 0 Å². The summed E-state index contributed by atoms with van der Waals surface area (Å²) < 4.78 is 45.2. The molecule has 254 valence electrons. The number of epoxide rings is 2. The molecule has 0 aliphatic carbocycles. The molecular weight excluding hydrogens is 608 g/mol. The van der Waals surface area contributed by atoms with E-state index in [-0.39, 0.29) is 24.4 Å². The van der Waals surface area contributed by atoms with Crippen molar-refractivity contribution in [1.82, 2.24) is 0 Å². The minimum absolute atomic E-state index is 0.0512. The van der Waals surface area contributed by atoms with Gasteiger partial charge in [-0.3, -0.25) is 0 Å². The molecule has 8 heteroatoms. The minimum atomic E-state index is 0.0512. The summed E-state index contributed by atoms with van der Waals surface area (Å²) in [5.74, 6) is 1.64. The fraction of sp³-hybridized carbons (Fsp3) is 0.400. The van der Waals surface area contributed by atoms with Gasteiger partial charge < -0.3 is 37.9 Å². The molecule has 0 N–H and O–H groups in total. The van der Waals surface area contributed by atoms with Crippen LogP contribution in [-0.2, 0) is 28.4 Å². The van der Waals surface area contributed by atoms with E-state index >= 15 is 0 Å². The molecule has 4 atom stereocenters. The third-order valence-corrected chi connectivity index (χ3v) is 8.37. The zero-order valence-electron chi connectivity index (χ0n) is 27.9. The minimum Gasteiger partial charge on any atom is -0.491 e. The second kappa shape index (κ2) is 17.6. The maximum atomic E-state index is 5.87. The Balaban J connectivity index is 0.791. The standard InChI is InChI=1S/C40H46O8/c1-29(45-25-39-27-47-39)31-3-7-33(8-4-31)35-11-15-37(16-12-35)43-23-21-41-19-20-42-22-24-44-38-17-13-36(14-18-38)34-9-5-32(6-10-34)30(2)46-26-40-28-48-40/h3-18,29-30,39-40H,19-28H2,1-2H3. The predicted octanol–water partition coefficient (Wildman–Crippen LogP) is 7.46. The summed E-state index contributed by atoms with van der Waals surface area (Å²) in [6.07, 6.45) is 0.658. The summed E-state index contributed by atoms with van der Waals surface area (Å²) in [7, 11) is 0. The molecule has 2 fully saturated rings. The van der Waals surface area contributed by atoms with E-state index in [1.807, 2.05) is 24.3 Å². The lowest BCUT2D eigenvalue weighted by Crippen LogP contribution is -2.13. The van der Waals surface area contributed by atoms with Crippen LogP contribution >= 0.6 is 0 Å². The largest absolute Gasteiger partial charge is 0.491 e. The second-order valence-corrected chi connectivity index (χ2v) is 12.1. The summed E-state index contributed by atoms with van der Waals surface area (Å²) in [5, 5.41) is 0. The van der Waals surface area contributed by atoms with Crippen molar-refractivity contribution in [3.63, 3.8) is 0 Å². The van der Waals surface area contributed by atoms with Gasteiger partial charge in [-0.2, -0.15) is 0 Å². The molecule has 4 aromatic carbocycles. The van der Waals surface area contributed by atoms with Crippen molar-refractivity contribution in [1.29, 1.82) is 0 Å². The summed E-state index contributed by atoms with van der Waals surface area (Å²) in [6, 6.07) is 33.2. The summed E-state index contributed by atoms with van der Waals surface area (Å²) >= 11 is 0. The molecule has 0 spiro atoms. The van der Waals surface area contributed by atoms with Crippen molar-refractivity contribution in [3.05, 3.63) is 108 Å². The third kappa shape index (κ3) is 10.9. The Labute approximate surface area is 283 Å². The molecule has 0 radical (unpaired) electrons. The van der Waals surface area contributed by atoms with Crippen LogP contribution in [0.1, 0.15) is 37.2 Å². The number of hydrogen-bond donors (Lipinski definition) is 0. The first-order valence-electron chi connectivity index (χ1n) is 16.9. The highest BCUT2D eigenvalue weighted by Gasteiger charge is 2.24. The van der Waals surface area contributed by atoms with Crippen molar-refractivity contribution >= 4 is 0 Å². The zero-order chi connectivity index (χ0) is 33.0. The van der Waals surface area contributed by atoms with Gasteiger partial charge in [-0.05, 0) is 71.5 Å². The van der Waals surface area contributed by atoms with Crippen molar-refractivity contribution in [2.45, 2.75) is 38.3 Å². The normalized spacial score (nSPS) is 17.9. The van der Waals surface area contributed by atoms with Crippen LogP contribution in [0.2, 0.25) is 0 Å². The first-order valence-corrected chi connectivity index (χ1v) is 16.9. The van der Waals surface area contributed by atoms with Gasteiger partial charge in [0.1, 0.15) is 36.9 Å². The zero-order valence-corrected chi connectivity index (χ0v) is 27.9. The fourth-order valence-corrected chi connectivity index (χ4v) is 5.16. The van der Waals surface area contributed by atoms with E-state index in [4.69, 9.17) is 37.9 Å². The Morgan fingerprint density at radius 2 is 0.792 bits per heavy atom. The molecule has 0 aromatic heterocycles. The maximum absolute atomic E-state index is 5.87. The average molecular weight is 655 g/mol. The number of benzene rings is 4. The van der Waals surface area contributed by atoms with Crippen molar-refractivity contribution < 1.29 is 37.9 Å². The van der Waals surface area contributed by atoms with Gasteiger partial charge >= 0.3 is 0 Å². The van der Waals surface area contributed by atoms with Gasteiger partial charge in [0.2, 0.25) is 0 Å². The Hall–Kier alpha value is -3.76. The van der Waals surface area contributed by atoms with Crippen LogP contribution in [0.3, 0.4) is 0 Å². The smallest absolute Gasteiger partial charge is 0.119 e. The fourth-order valence-electron chi connectivity index (χ4n) is 5.16. The number of hydrogen-bond acceptors (Lipinski definition) is 8. The van der Waals surface area contributed by atoms with Crippen LogP contribution in [0.25, 0.3) is 22.3 Å². The summed E-state index contributed by atoms with van der Waals surface area (Å²) in [6.45, 7) is 10.0. The SMILES string of the molecule is CC(OCC1CO1)c1ccc(-c2ccc(OCCOCCOCCOc3ccc(-c4ccc(C(C)OCC5CO5)cc4)cc3)cc2)cc1. The summed E-state index contributed by atoms with van der Waals surface area (Å²) in [5.41, 5.74) is 6.92. The molecule has 0 bridgehead atoms. The topological polar surface area (TPSA) is 80.4 Å². The van der Waals surface area contributed by atoms with Gasteiger partial charge in [-0.1, -0.05) is 72.8 Å². The molecule has 6 rings (SSSR count). The molecule has 0 saturated carbocycles. The van der Waals surface area contributed by atoms with Gasteiger partial charge in [0, 0.05) is 0 Å². The third-order valence-electron chi connectivity index (χ3n) is 8.37. The van der Waals surface area contributed by atoms with Crippen LogP contribution in [-0.4, -0.2) is 78.3 Å². The molecule has 8 nitrogen and oxygen atoms in total. The van der Waals surface area contributed by atoms with Crippen LogP contribution in [0.5, 0.6) is 11.5 Å². The highest BCUT2D eigenvalue weighted by Crippen LogP contribution is 2.27. The second-order valence-electron chi connectivity index (χ2n) is 12.1. The van der Waals surface area contributed by atoms with Gasteiger partial charge in [-0.25, -0.2) is 0 Å². The van der Waals surface area contributed by atoms with E-state index in [1.165, 1.54) is 0 Å². The van der Waals surface area contributed by atoms with E-state index in [9.17, 15) is 0 Å². The van der Waals surface area contributed by atoms with Gasteiger partial charge in [-0.15, -0.1) is 0 Å². The predicted molar refractivity (Wildman–Crippen MR) is 185 cm³/mol. The van der Waals surface area contributed by atoms with E-state index in [1.54, 1.807) is 0 Å². The van der Waals surface area contributed by atoms with Crippen LogP contribution in [0.15, 0.2) is 97.1 Å². The van der Waals surface area contributed by atoms with Gasteiger partial charge in [0.15, 0.2) is 0 Å². The van der Waals surface area contributed by atoms with Crippen molar-refractivity contribution in [2.24, 2.45) is 0 Å². The van der Waals surface area contributed by atoms with Crippen LogP contribution < -0.4 is 9.47 Å². The Morgan fingerprint density at radius 1 is 0.479 bits per heavy atom. The molecule has 2 aliphatic rings. The summed E-state index contributed by atoms with van der Waals surface area (Å²) in [4.78, 5) is 0. The lowest BCUT2D eigenvalue weighted by molar-refractivity contribution is 0.0273. The molecule has 4 aromatic rings. The molecule has 2 saturated heterocycles. The van der Waals surface area contributed by atoms with Gasteiger partial charge in [0.25, 0.3) is 0 Å². The Kier molecular flexibility index (Phi) is 12.5. The lowest BCUT2D eigenvalue weighted by atomic mass is 10.0. The molecule has 2 aliphatic heterocycles. The van der Waals surface area contributed by atoms with Crippen LogP contribution in [0.4, 0.5) is 0 Å². The van der Waals surface area contributed by atoms with E-state index in [0.29, 0.717) is 52.9 Å². The quantitative estimate of drug-likeness (QED) is 0.0677. The van der Waals surface area contributed by atoms with Crippen LogP contribution in [0, 0.1) is 0 Å². The molecule has 4 unspecified atom stereocenters. The number of rotatable bonds is 21. The molecule has 48 heavy (non-hydrogen) atoms. The highest BCUT2D eigenvalue weighted by atomic mass is 16.6. The monoisotopic (exact) mass is 654 g/mol. The van der Waals surface area contributed by atoms with Gasteiger partial charge in [0.05, 0.1) is 65.1 Å². The first kappa shape index (κ1) is 34.1. The molecule has 0 amide bonds. The molecule has 2 heterocycles.